The van der Waals surface area contributed by atoms with Crippen molar-refractivity contribution >= 4 is 12.1 Å². The number of amides is 4. The Morgan fingerprint density at radius 1 is 1.25 bits per heavy atom. The fourth-order valence-electron chi connectivity index (χ4n) is 2.52. The van der Waals surface area contributed by atoms with Gasteiger partial charge in [-0.15, -0.1) is 0 Å². The first-order valence-corrected chi connectivity index (χ1v) is 6.76. The Bertz CT molecular complexity index is 506. The number of nitrogens with one attached hydrogen (secondary N) is 1. The van der Waals surface area contributed by atoms with Crippen molar-refractivity contribution in [1.82, 2.24) is 15.1 Å². The van der Waals surface area contributed by atoms with E-state index in [9.17, 15) is 9.59 Å². The van der Waals surface area contributed by atoms with Gasteiger partial charge in [0.1, 0.15) is 6.10 Å². The van der Waals surface area contributed by atoms with Crippen molar-refractivity contribution in [1.29, 1.82) is 0 Å². The van der Waals surface area contributed by atoms with E-state index in [0.29, 0.717) is 32.8 Å². The van der Waals surface area contributed by atoms with Crippen molar-refractivity contribution in [3.05, 3.63) is 35.9 Å². The normalized spacial score (nSPS) is 22.8. The van der Waals surface area contributed by atoms with E-state index < -0.39 is 0 Å². The summed E-state index contributed by atoms with van der Waals surface area (Å²) in [5.41, 5.74) is 1.05. The van der Waals surface area contributed by atoms with Gasteiger partial charge in [-0.25, -0.2) is 14.5 Å². The molecule has 1 aromatic carbocycles. The second kappa shape index (κ2) is 5.50. The topological polar surface area (TPSA) is 61.9 Å². The smallest absolute Gasteiger partial charge is 0.328 e. The van der Waals surface area contributed by atoms with Crippen LogP contribution in [0.2, 0.25) is 0 Å². The average molecular weight is 275 g/mol. The van der Waals surface area contributed by atoms with Gasteiger partial charge in [0.15, 0.2) is 0 Å². The quantitative estimate of drug-likeness (QED) is 0.838. The number of morpholine rings is 1. The van der Waals surface area contributed by atoms with Crippen LogP contribution in [-0.4, -0.2) is 54.6 Å². The Kier molecular flexibility index (Phi) is 3.56. The highest BCUT2D eigenvalue weighted by Gasteiger charge is 2.33. The molecule has 6 nitrogen and oxygen atoms in total. The lowest BCUT2D eigenvalue weighted by Crippen LogP contribution is -2.49. The second-order valence-electron chi connectivity index (χ2n) is 4.88. The zero-order valence-electron chi connectivity index (χ0n) is 11.1. The number of carbonyl (C=O) groups excluding carboxylic acids is 2. The Balaban J connectivity index is 1.69. The molecular weight excluding hydrogens is 258 g/mol. The van der Waals surface area contributed by atoms with Crippen LogP contribution < -0.4 is 5.32 Å². The summed E-state index contributed by atoms with van der Waals surface area (Å²) in [6.07, 6.45) is -0.125. The maximum atomic E-state index is 12.3. The number of hydrogen-bond donors (Lipinski definition) is 1. The van der Waals surface area contributed by atoms with Crippen molar-refractivity contribution in [2.24, 2.45) is 0 Å². The minimum absolute atomic E-state index is 0.125. The summed E-state index contributed by atoms with van der Waals surface area (Å²) in [6.45, 7) is 2.45. The van der Waals surface area contributed by atoms with E-state index in [4.69, 9.17) is 4.74 Å². The highest BCUT2D eigenvalue weighted by molar-refractivity contribution is 5.95. The molecule has 106 valence electrons. The number of imide groups is 1. The molecule has 4 amide bonds. The van der Waals surface area contributed by atoms with Gasteiger partial charge >= 0.3 is 12.1 Å². The second-order valence-corrected chi connectivity index (χ2v) is 4.88. The average Bonchev–Trinajstić information content (AvgIpc) is 2.94. The third-order valence-electron chi connectivity index (χ3n) is 3.60. The number of hydrogen-bond acceptors (Lipinski definition) is 3. The fourth-order valence-corrected chi connectivity index (χ4v) is 2.52. The van der Waals surface area contributed by atoms with Crippen LogP contribution in [0.25, 0.3) is 0 Å². The molecule has 1 aromatic rings. The van der Waals surface area contributed by atoms with Gasteiger partial charge < -0.3 is 15.0 Å². The molecule has 0 aromatic heterocycles. The number of nitrogens with zero attached hydrogens (tertiary/aromatic N) is 2. The molecule has 1 N–H and O–H groups in total. The molecule has 0 aliphatic carbocycles. The predicted molar refractivity (Wildman–Crippen MR) is 72.2 cm³/mol. The van der Waals surface area contributed by atoms with E-state index in [1.54, 1.807) is 4.90 Å². The van der Waals surface area contributed by atoms with Crippen LogP contribution >= 0.6 is 0 Å². The highest BCUT2D eigenvalue weighted by Crippen LogP contribution is 2.22. The van der Waals surface area contributed by atoms with Gasteiger partial charge in [-0.1, -0.05) is 30.3 Å². The third kappa shape index (κ3) is 2.46. The van der Waals surface area contributed by atoms with Crippen LogP contribution in [0.5, 0.6) is 0 Å². The molecule has 1 atom stereocenters. The minimum atomic E-state index is -0.308. The Morgan fingerprint density at radius 3 is 2.75 bits per heavy atom. The molecule has 2 saturated heterocycles. The van der Waals surface area contributed by atoms with E-state index in [0.717, 1.165) is 5.56 Å². The van der Waals surface area contributed by atoms with Crippen LogP contribution in [0, 0.1) is 0 Å². The number of benzene rings is 1. The van der Waals surface area contributed by atoms with Crippen molar-refractivity contribution in [2.45, 2.75) is 6.10 Å². The third-order valence-corrected chi connectivity index (χ3v) is 3.60. The largest absolute Gasteiger partial charge is 0.370 e. The van der Waals surface area contributed by atoms with E-state index in [1.165, 1.54) is 4.90 Å². The monoisotopic (exact) mass is 275 g/mol. The Morgan fingerprint density at radius 2 is 2.05 bits per heavy atom. The lowest BCUT2D eigenvalue weighted by atomic mass is 10.1. The highest BCUT2D eigenvalue weighted by atomic mass is 16.5. The summed E-state index contributed by atoms with van der Waals surface area (Å²) in [7, 11) is 0. The van der Waals surface area contributed by atoms with Gasteiger partial charge in [0.05, 0.1) is 13.2 Å². The standard InChI is InChI=1S/C14H17N3O3/c18-13-15-6-7-17(13)14(19)16-8-9-20-12(10-16)11-4-2-1-3-5-11/h1-5,12H,6-10H2,(H,15,18). The molecule has 2 aliphatic heterocycles. The first kappa shape index (κ1) is 12.9. The number of urea groups is 2. The minimum Gasteiger partial charge on any atom is -0.370 e. The zero-order valence-corrected chi connectivity index (χ0v) is 11.1. The summed E-state index contributed by atoms with van der Waals surface area (Å²) in [5.74, 6) is 0. The van der Waals surface area contributed by atoms with E-state index in [2.05, 4.69) is 5.32 Å². The number of carbonyl (C=O) groups is 2. The molecule has 20 heavy (non-hydrogen) atoms. The molecule has 0 saturated carbocycles. The van der Waals surface area contributed by atoms with Gasteiger partial charge in [0.25, 0.3) is 0 Å². The molecule has 2 fully saturated rings. The van der Waals surface area contributed by atoms with E-state index in [1.807, 2.05) is 30.3 Å². The summed E-state index contributed by atoms with van der Waals surface area (Å²) < 4.78 is 5.72. The molecule has 3 rings (SSSR count). The van der Waals surface area contributed by atoms with Crippen LogP contribution in [-0.2, 0) is 4.74 Å². The summed E-state index contributed by atoms with van der Waals surface area (Å²) in [6, 6.07) is 9.29. The van der Waals surface area contributed by atoms with Crippen molar-refractivity contribution in [2.75, 3.05) is 32.8 Å². The van der Waals surface area contributed by atoms with Crippen molar-refractivity contribution < 1.29 is 14.3 Å². The van der Waals surface area contributed by atoms with Gasteiger partial charge in [-0.2, -0.15) is 0 Å². The molecule has 0 radical (unpaired) electrons. The Hall–Kier alpha value is -2.08. The van der Waals surface area contributed by atoms with E-state index >= 15 is 0 Å². The van der Waals surface area contributed by atoms with Gasteiger partial charge in [-0.05, 0) is 5.56 Å². The molecule has 0 spiro atoms. The van der Waals surface area contributed by atoms with Crippen LogP contribution in [0.15, 0.2) is 30.3 Å². The summed E-state index contributed by atoms with van der Waals surface area (Å²) >= 11 is 0. The maximum absolute atomic E-state index is 12.3. The fraction of sp³-hybridized carbons (Fsp3) is 0.429. The van der Waals surface area contributed by atoms with Crippen molar-refractivity contribution in [3.8, 4) is 0 Å². The van der Waals surface area contributed by atoms with Crippen LogP contribution in [0.1, 0.15) is 11.7 Å². The number of ether oxygens (including phenoxy) is 1. The lowest BCUT2D eigenvalue weighted by Gasteiger charge is -2.34. The van der Waals surface area contributed by atoms with Gasteiger partial charge in [0.2, 0.25) is 0 Å². The van der Waals surface area contributed by atoms with E-state index in [-0.39, 0.29) is 18.2 Å². The molecule has 2 aliphatic rings. The molecule has 2 heterocycles. The number of rotatable bonds is 1. The summed E-state index contributed by atoms with van der Waals surface area (Å²) in [4.78, 5) is 26.8. The molecule has 6 heteroatoms. The first-order valence-electron chi connectivity index (χ1n) is 6.76. The van der Waals surface area contributed by atoms with Crippen LogP contribution in [0.4, 0.5) is 9.59 Å². The molecule has 0 bridgehead atoms. The lowest BCUT2D eigenvalue weighted by molar-refractivity contribution is -0.0185. The van der Waals surface area contributed by atoms with Gasteiger partial charge in [-0.3, -0.25) is 0 Å². The molecule has 1 unspecified atom stereocenters. The van der Waals surface area contributed by atoms with Crippen molar-refractivity contribution in [3.63, 3.8) is 0 Å². The molecular formula is C14H17N3O3. The first-order chi connectivity index (χ1) is 9.75. The predicted octanol–water partition coefficient (Wildman–Crippen LogP) is 1.21. The maximum Gasteiger partial charge on any atom is 0.328 e. The Labute approximate surface area is 117 Å². The zero-order chi connectivity index (χ0) is 13.9. The summed E-state index contributed by atoms with van der Waals surface area (Å²) in [5, 5.41) is 2.64. The van der Waals surface area contributed by atoms with Gasteiger partial charge in [0, 0.05) is 19.6 Å². The van der Waals surface area contributed by atoms with Crippen LogP contribution in [0.3, 0.4) is 0 Å². The SMILES string of the molecule is O=C1NCCN1C(=O)N1CCOC(c2ccccc2)C1.